The Hall–Kier alpha value is -2.63. The van der Waals surface area contributed by atoms with E-state index in [-0.39, 0.29) is 5.91 Å². The van der Waals surface area contributed by atoms with Gasteiger partial charge >= 0.3 is 0 Å². The SMILES string of the molecule is COc1ccccc1CCNc1cc(C(=O)N2CCCCC2)ncn1. The maximum absolute atomic E-state index is 12.5. The van der Waals surface area contributed by atoms with Crippen molar-refractivity contribution in [3.63, 3.8) is 0 Å². The molecule has 0 atom stereocenters. The van der Waals surface area contributed by atoms with E-state index in [1.807, 2.05) is 29.2 Å². The molecule has 6 nitrogen and oxygen atoms in total. The lowest BCUT2D eigenvalue weighted by Gasteiger charge is -2.26. The molecule has 1 aromatic carbocycles. The molecule has 2 aromatic rings. The predicted octanol–water partition coefficient (Wildman–Crippen LogP) is 2.77. The van der Waals surface area contributed by atoms with Gasteiger partial charge in [0.1, 0.15) is 23.6 Å². The molecule has 6 heteroatoms. The average Bonchev–Trinajstić information content (AvgIpc) is 2.69. The summed E-state index contributed by atoms with van der Waals surface area (Å²) >= 11 is 0. The summed E-state index contributed by atoms with van der Waals surface area (Å²) < 4.78 is 5.36. The van der Waals surface area contributed by atoms with Gasteiger partial charge in [0.05, 0.1) is 7.11 Å². The van der Waals surface area contributed by atoms with Gasteiger partial charge in [-0.1, -0.05) is 18.2 Å². The van der Waals surface area contributed by atoms with Crippen LogP contribution >= 0.6 is 0 Å². The minimum absolute atomic E-state index is 0.00474. The number of carbonyl (C=O) groups is 1. The molecule has 0 spiro atoms. The van der Waals surface area contributed by atoms with Gasteiger partial charge in [-0.05, 0) is 37.3 Å². The summed E-state index contributed by atoms with van der Waals surface area (Å²) in [5, 5.41) is 3.27. The Kier molecular flexibility index (Phi) is 5.82. The van der Waals surface area contributed by atoms with Crippen LogP contribution in [0.4, 0.5) is 5.82 Å². The van der Waals surface area contributed by atoms with Crippen LogP contribution in [-0.2, 0) is 6.42 Å². The lowest BCUT2D eigenvalue weighted by atomic mass is 10.1. The lowest BCUT2D eigenvalue weighted by Crippen LogP contribution is -2.36. The molecule has 25 heavy (non-hydrogen) atoms. The topological polar surface area (TPSA) is 67.3 Å². The number of carbonyl (C=O) groups excluding carboxylic acids is 1. The molecule has 1 N–H and O–H groups in total. The predicted molar refractivity (Wildman–Crippen MR) is 97.0 cm³/mol. The summed E-state index contributed by atoms with van der Waals surface area (Å²) in [7, 11) is 1.68. The molecule has 1 amide bonds. The molecular weight excluding hydrogens is 316 g/mol. The Bertz CT molecular complexity index is 714. The number of nitrogens with one attached hydrogen (secondary N) is 1. The number of hydrogen-bond acceptors (Lipinski definition) is 5. The fourth-order valence-corrected chi connectivity index (χ4v) is 3.06. The summed E-state index contributed by atoms with van der Waals surface area (Å²) in [5.41, 5.74) is 1.59. The van der Waals surface area contributed by atoms with Crippen molar-refractivity contribution in [2.75, 3.05) is 32.1 Å². The second-order valence-corrected chi connectivity index (χ2v) is 6.13. The number of benzene rings is 1. The van der Waals surface area contributed by atoms with Gasteiger partial charge in [0.2, 0.25) is 0 Å². The molecule has 2 heterocycles. The van der Waals surface area contributed by atoms with Crippen molar-refractivity contribution in [2.45, 2.75) is 25.7 Å². The van der Waals surface area contributed by atoms with Crippen LogP contribution < -0.4 is 10.1 Å². The number of rotatable bonds is 6. The molecule has 1 saturated heterocycles. The van der Waals surface area contributed by atoms with Gasteiger partial charge in [-0.3, -0.25) is 4.79 Å². The van der Waals surface area contributed by atoms with Crippen molar-refractivity contribution in [1.29, 1.82) is 0 Å². The Morgan fingerprint density at radius 3 is 2.80 bits per heavy atom. The van der Waals surface area contributed by atoms with Crippen LogP contribution in [0.25, 0.3) is 0 Å². The maximum Gasteiger partial charge on any atom is 0.272 e. The molecule has 3 rings (SSSR count). The Labute approximate surface area is 148 Å². The van der Waals surface area contributed by atoms with E-state index in [1.54, 1.807) is 13.2 Å². The van der Waals surface area contributed by atoms with Crippen LogP contribution in [0.15, 0.2) is 36.7 Å². The number of aromatic nitrogens is 2. The highest BCUT2D eigenvalue weighted by Gasteiger charge is 2.19. The van der Waals surface area contributed by atoms with Crippen LogP contribution in [0.2, 0.25) is 0 Å². The van der Waals surface area contributed by atoms with Gasteiger partial charge < -0.3 is 15.0 Å². The first-order chi connectivity index (χ1) is 12.3. The first-order valence-corrected chi connectivity index (χ1v) is 8.75. The van der Waals surface area contributed by atoms with E-state index < -0.39 is 0 Å². The van der Waals surface area contributed by atoms with Gasteiger partial charge in [-0.25, -0.2) is 9.97 Å². The molecule has 1 aliphatic rings. The first kappa shape index (κ1) is 17.2. The van der Waals surface area contributed by atoms with E-state index in [9.17, 15) is 4.79 Å². The largest absolute Gasteiger partial charge is 0.496 e. The molecule has 132 valence electrons. The van der Waals surface area contributed by atoms with Crippen LogP contribution in [0.1, 0.15) is 35.3 Å². The standard InChI is InChI=1S/C19H24N4O2/c1-25-17-8-4-3-7-15(17)9-10-20-18-13-16(21-14-22-18)19(24)23-11-5-2-6-12-23/h3-4,7-8,13-14H,2,5-6,9-12H2,1H3,(H,20,21,22). The number of ether oxygens (including phenoxy) is 1. The summed E-state index contributed by atoms with van der Waals surface area (Å²) in [6.45, 7) is 2.34. The van der Waals surface area contributed by atoms with Crippen molar-refractivity contribution in [3.8, 4) is 5.75 Å². The number of amides is 1. The third kappa shape index (κ3) is 4.47. The van der Waals surface area contributed by atoms with Gasteiger partial charge in [0, 0.05) is 25.7 Å². The van der Waals surface area contributed by atoms with Crippen LogP contribution in [-0.4, -0.2) is 47.5 Å². The maximum atomic E-state index is 12.5. The minimum Gasteiger partial charge on any atom is -0.496 e. The Morgan fingerprint density at radius 2 is 2.00 bits per heavy atom. The number of hydrogen-bond donors (Lipinski definition) is 1. The monoisotopic (exact) mass is 340 g/mol. The quantitative estimate of drug-likeness (QED) is 0.876. The van der Waals surface area contributed by atoms with E-state index in [0.717, 1.165) is 43.7 Å². The van der Waals surface area contributed by atoms with E-state index in [4.69, 9.17) is 4.74 Å². The van der Waals surface area contributed by atoms with Crippen molar-refractivity contribution < 1.29 is 9.53 Å². The second-order valence-electron chi connectivity index (χ2n) is 6.13. The fraction of sp³-hybridized carbons (Fsp3) is 0.421. The number of piperidine rings is 1. The molecule has 0 aliphatic carbocycles. The summed E-state index contributed by atoms with van der Waals surface area (Å²) in [6, 6.07) is 9.69. The average molecular weight is 340 g/mol. The first-order valence-electron chi connectivity index (χ1n) is 8.75. The second kappa shape index (κ2) is 8.46. The zero-order chi connectivity index (χ0) is 17.5. The molecule has 0 radical (unpaired) electrons. The molecule has 0 bridgehead atoms. The third-order valence-electron chi connectivity index (χ3n) is 4.42. The van der Waals surface area contributed by atoms with Crippen LogP contribution in [0.5, 0.6) is 5.75 Å². The number of likely N-dealkylation sites (tertiary alicyclic amines) is 1. The van der Waals surface area contributed by atoms with E-state index >= 15 is 0 Å². The normalized spacial score (nSPS) is 14.2. The fourth-order valence-electron chi connectivity index (χ4n) is 3.06. The number of methoxy groups -OCH3 is 1. The van der Waals surface area contributed by atoms with Gasteiger partial charge in [-0.15, -0.1) is 0 Å². The smallest absolute Gasteiger partial charge is 0.272 e. The van der Waals surface area contributed by atoms with E-state index in [0.29, 0.717) is 18.1 Å². The van der Waals surface area contributed by atoms with Crippen molar-refractivity contribution in [1.82, 2.24) is 14.9 Å². The number of anilines is 1. The van der Waals surface area contributed by atoms with Crippen molar-refractivity contribution >= 4 is 11.7 Å². The lowest BCUT2D eigenvalue weighted by molar-refractivity contribution is 0.0718. The van der Waals surface area contributed by atoms with Crippen LogP contribution in [0.3, 0.4) is 0 Å². The zero-order valence-corrected chi connectivity index (χ0v) is 14.6. The number of para-hydroxylation sites is 1. The minimum atomic E-state index is -0.00474. The van der Waals surface area contributed by atoms with Gasteiger partial charge in [0.15, 0.2) is 0 Å². The summed E-state index contributed by atoms with van der Waals surface area (Å²) in [6.07, 6.45) is 5.59. The van der Waals surface area contributed by atoms with Crippen molar-refractivity contribution in [3.05, 3.63) is 47.9 Å². The highest BCUT2D eigenvalue weighted by atomic mass is 16.5. The Balaban J connectivity index is 1.59. The molecule has 1 fully saturated rings. The zero-order valence-electron chi connectivity index (χ0n) is 14.6. The molecule has 0 unspecified atom stereocenters. The molecule has 0 saturated carbocycles. The van der Waals surface area contributed by atoms with Gasteiger partial charge in [0.25, 0.3) is 5.91 Å². The molecule has 1 aromatic heterocycles. The highest BCUT2D eigenvalue weighted by Crippen LogP contribution is 2.18. The van der Waals surface area contributed by atoms with Crippen molar-refractivity contribution in [2.24, 2.45) is 0 Å². The molecule has 1 aliphatic heterocycles. The highest BCUT2D eigenvalue weighted by molar-refractivity contribution is 5.92. The summed E-state index contributed by atoms with van der Waals surface area (Å²) in [5.74, 6) is 1.55. The molecular formula is C19H24N4O2. The van der Waals surface area contributed by atoms with E-state index in [1.165, 1.54) is 12.7 Å². The summed E-state index contributed by atoms with van der Waals surface area (Å²) in [4.78, 5) is 22.8. The third-order valence-corrected chi connectivity index (χ3v) is 4.42. The van der Waals surface area contributed by atoms with Gasteiger partial charge in [-0.2, -0.15) is 0 Å². The number of nitrogens with zero attached hydrogens (tertiary/aromatic N) is 3. The van der Waals surface area contributed by atoms with E-state index in [2.05, 4.69) is 15.3 Å². The Morgan fingerprint density at radius 1 is 1.20 bits per heavy atom. The van der Waals surface area contributed by atoms with Crippen LogP contribution in [0, 0.1) is 0 Å².